The first-order valence-electron chi connectivity index (χ1n) is 10.2. The van der Waals surface area contributed by atoms with Gasteiger partial charge in [-0.05, 0) is 65.4 Å². The van der Waals surface area contributed by atoms with Crippen molar-refractivity contribution in [1.29, 1.82) is 0 Å². The van der Waals surface area contributed by atoms with Crippen molar-refractivity contribution < 1.29 is 27.4 Å². The number of thioether (sulfide) groups is 1. The normalized spacial score (nSPS) is 16.0. The van der Waals surface area contributed by atoms with Crippen LogP contribution in [0.3, 0.4) is 0 Å². The number of carbonyl (C=O) groups is 1. The van der Waals surface area contributed by atoms with Gasteiger partial charge in [-0.3, -0.25) is 4.79 Å². The molecule has 0 aliphatic carbocycles. The number of benzene rings is 3. The summed E-state index contributed by atoms with van der Waals surface area (Å²) < 4.78 is 51.0. The Morgan fingerprint density at radius 1 is 1.06 bits per heavy atom. The highest BCUT2D eigenvalue weighted by molar-refractivity contribution is 8.18. The summed E-state index contributed by atoms with van der Waals surface area (Å²) in [5.74, 6) is 0.518. The molecule has 0 aromatic heterocycles. The highest BCUT2D eigenvalue weighted by Gasteiger charge is 2.34. The average Bonchev–Trinajstić information content (AvgIpc) is 3.17. The van der Waals surface area contributed by atoms with Gasteiger partial charge in [-0.1, -0.05) is 41.9 Å². The molecule has 3 aromatic rings. The molecule has 10 heteroatoms. The highest BCUT2D eigenvalue weighted by Crippen LogP contribution is 2.38. The number of nitrogens with zero attached hydrogens (tertiary/aromatic N) is 1. The molecule has 1 aliphatic heterocycles. The fourth-order valence-electron chi connectivity index (χ4n) is 3.19. The minimum atomic E-state index is -4.56. The number of aliphatic imine (C=N–C) groups is 1. The van der Waals surface area contributed by atoms with Gasteiger partial charge in [0, 0.05) is 5.02 Å². The first kappa shape index (κ1) is 24.7. The number of ether oxygens (including phenoxy) is 2. The molecule has 0 saturated carbocycles. The number of alkyl halides is 3. The van der Waals surface area contributed by atoms with Crippen LogP contribution in [-0.4, -0.2) is 18.2 Å². The minimum absolute atomic E-state index is 0.0628. The zero-order valence-corrected chi connectivity index (χ0v) is 19.8. The van der Waals surface area contributed by atoms with E-state index in [9.17, 15) is 18.0 Å². The van der Waals surface area contributed by atoms with Crippen molar-refractivity contribution in [2.75, 3.05) is 7.11 Å². The number of amides is 1. The van der Waals surface area contributed by atoms with Gasteiger partial charge < -0.3 is 14.8 Å². The lowest BCUT2D eigenvalue weighted by atomic mass is 10.2. The molecular weight excluding hydrogens is 501 g/mol. The van der Waals surface area contributed by atoms with E-state index >= 15 is 0 Å². The molecule has 35 heavy (non-hydrogen) atoms. The monoisotopic (exact) mass is 518 g/mol. The van der Waals surface area contributed by atoms with Crippen molar-refractivity contribution in [3.05, 3.63) is 93.3 Å². The number of carbonyl (C=O) groups excluding carboxylic acids is 1. The van der Waals surface area contributed by atoms with E-state index in [-0.39, 0.29) is 15.8 Å². The third-order valence-electron chi connectivity index (χ3n) is 4.88. The molecule has 180 valence electrons. The second-order valence-electron chi connectivity index (χ2n) is 7.32. The quantitative estimate of drug-likeness (QED) is 0.363. The van der Waals surface area contributed by atoms with Crippen LogP contribution >= 0.6 is 23.4 Å². The smallest absolute Gasteiger partial charge is 0.418 e. The largest absolute Gasteiger partial charge is 0.493 e. The summed E-state index contributed by atoms with van der Waals surface area (Å²) in [6, 6.07) is 17.4. The SMILES string of the molecule is COc1cc(/C=C2\SC(=Nc3ccccc3C(F)(F)F)NC2=O)ccc1OCc1ccc(Cl)cc1. The lowest BCUT2D eigenvalue weighted by Gasteiger charge is -2.11. The Kier molecular flexibility index (Phi) is 7.37. The lowest BCUT2D eigenvalue weighted by molar-refractivity contribution is -0.137. The van der Waals surface area contributed by atoms with Crippen LogP contribution in [0.15, 0.2) is 76.6 Å². The number of rotatable bonds is 6. The fourth-order valence-corrected chi connectivity index (χ4v) is 4.15. The lowest BCUT2D eigenvalue weighted by Crippen LogP contribution is -2.19. The maximum Gasteiger partial charge on any atom is 0.418 e. The van der Waals surface area contributed by atoms with Crippen LogP contribution < -0.4 is 14.8 Å². The standard InChI is InChI=1S/C25H18ClF3N2O3S/c1-33-21-12-16(8-11-20(21)34-14-15-6-9-17(26)10-7-15)13-22-23(32)31-24(35-22)30-19-5-3-2-4-18(19)25(27,28)29/h2-13H,14H2,1H3,(H,30,31,32)/b22-13-. The second-order valence-corrected chi connectivity index (χ2v) is 8.79. The van der Waals surface area contributed by atoms with Crippen molar-refractivity contribution in [2.45, 2.75) is 12.8 Å². The Morgan fingerprint density at radius 3 is 2.51 bits per heavy atom. The summed E-state index contributed by atoms with van der Waals surface area (Å²) >= 11 is 6.85. The number of hydrogen-bond donors (Lipinski definition) is 1. The number of para-hydroxylation sites is 1. The zero-order valence-electron chi connectivity index (χ0n) is 18.2. The van der Waals surface area contributed by atoms with Crippen LogP contribution in [0.2, 0.25) is 5.02 Å². The van der Waals surface area contributed by atoms with E-state index < -0.39 is 17.6 Å². The van der Waals surface area contributed by atoms with Crippen molar-refractivity contribution >= 4 is 46.2 Å². The Hall–Kier alpha value is -3.43. The van der Waals surface area contributed by atoms with Gasteiger partial charge in [0.15, 0.2) is 16.7 Å². The van der Waals surface area contributed by atoms with Crippen LogP contribution in [-0.2, 0) is 17.6 Å². The molecule has 3 aromatic carbocycles. The number of methoxy groups -OCH3 is 1. The molecule has 1 heterocycles. The van der Waals surface area contributed by atoms with Gasteiger partial charge in [0.25, 0.3) is 5.91 Å². The fraction of sp³-hybridized carbons (Fsp3) is 0.120. The first-order valence-corrected chi connectivity index (χ1v) is 11.4. The maximum atomic E-state index is 13.2. The highest BCUT2D eigenvalue weighted by atomic mass is 35.5. The van der Waals surface area contributed by atoms with Gasteiger partial charge >= 0.3 is 6.18 Å². The third kappa shape index (κ3) is 6.17. The molecule has 0 spiro atoms. The second kappa shape index (κ2) is 10.5. The van der Waals surface area contributed by atoms with E-state index in [1.54, 1.807) is 36.4 Å². The predicted molar refractivity (Wildman–Crippen MR) is 131 cm³/mol. The van der Waals surface area contributed by atoms with Crippen LogP contribution in [0.1, 0.15) is 16.7 Å². The van der Waals surface area contributed by atoms with Crippen LogP contribution in [0.25, 0.3) is 6.08 Å². The zero-order chi connectivity index (χ0) is 25.0. The molecule has 1 aliphatic rings. The number of amidine groups is 1. The van der Waals surface area contributed by atoms with E-state index in [4.69, 9.17) is 21.1 Å². The van der Waals surface area contributed by atoms with E-state index in [0.717, 1.165) is 23.4 Å². The van der Waals surface area contributed by atoms with Crippen molar-refractivity contribution in [2.24, 2.45) is 4.99 Å². The molecule has 5 nitrogen and oxygen atoms in total. The number of nitrogens with one attached hydrogen (secondary N) is 1. The van der Waals surface area contributed by atoms with Crippen LogP contribution in [0.5, 0.6) is 11.5 Å². The molecule has 1 saturated heterocycles. The average molecular weight is 519 g/mol. The summed E-state index contributed by atoms with van der Waals surface area (Å²) in [6.07, 6.45) is -2.95. The molecule has 0 unspecified atom stereocenters. The van der Waals surface area contributed by atoms with Gasteiger partial charge in [-0.15, -0.1) is 0 Å². The van der Waals surface area contributed by atoms with E-state index in [0.29, 0.717) is 28.7 Å². The van der Waals surface area contributed by atoms with E-state index in [2.05, 4.69) is 10.3 Å². The topological polar surface area (TPSA) is 59.9 Å². The third-order valence-corrected chi connectivity index (χ3v) is 6.04. The van der Waals surface area contributed by atoms with Gasteiger partial charge in [-0.2, -0.15) is 13.2 Å². The van der Waals surface area contributed by atoms with E-state index in [1.165, 1.54) is 25.3 Å². The van der Waals surface area contributed by atoms with Crippen LogP contribution in [0.4, 0.5) is 18.9 Å². The molecule has 1 amide bonds. The summed E-state index contributed by atoms with van der Waals surface area (Å²) in [5.41, 5.74) is 0.433. The molecular formula is C25H18ClF3N2O3S. The van der Waals surface area contributed by atoms with Crippen molar-refractivity contribution in [3.63, 3.8) is 0 Å². The Balaban J connectivity index is 1.51. The Bertz CT molecular complexity index is 1310. The number of hydrogen-bond acceptors (Lipinski definition) is 5. The first-order chi connectivity index (χ1) is 16.7. The number of halogens is 4. The predicted octanol–water partition coefficient (Wildman–Crippen LogP) is 6.84. The molecule has 0 atom stereocenters. The minimum Gasteiger partial charge on any atom is -0.493 e. The molecule has 0 bridgehead atoms. The molecule has 1 N–H and O–H groups in total. The summed E-state index contributed by atoms with van der Waals surface area (Å²) in [4.78, 5) is 16.7. The van der Waals surface area contributed by atoms with Gasteiger partial charge in [-0.25, -0.2) is 4.99 Å². The van der Waals surface area contributed by atoms with Crippen molar-refractivity contribution in [1.82, 2.24) is 5.32 Å². The van der Waals surface area contributed by atoms with Crippen LogP contribution in [0, 0.1) is 0 Å². The molecule has 1 fully saturated rings. The Morgan fingerprint density at radius 2 is 1.80 bits per heavy atom. The summed E-state index contributed by atoms with van der Waals surface area (Å²) in [6.45, 7) is 0.311. The maximum absolute atomic E-state index is 13.2. The van der Waals surface area contributed by atoms with Gasteiger partial charge in [0.05, 0.1) is 23.3 Å². The Labute approximate surface area is 208 Å². The van der Waals surface area contributed by atoms with E-state index in [1.807, 2.05) is 12.1 Å². The molecule has 0 radical (unpaired) electrons. The van der Waals surface area contributed by atoms with Gasteiger partial charge in [0.2, 0.25) is 0 Å². The van der Waals surface area contributed by atoms with Gasteiger partial charge in [0.1, 0.15) is 6.61 Å². The summed E-state index contributed by atoms with van der Waals surface area (Å²) in [7, 11) is 1.50. The molecule has 4 rings (SSSR count). The van der Waals surface area contributed by atoms with Crippen molar-refractivity contribution in [3.8, 4) is 11.5 Å². The summed E-state index contributed by atoms with van der Waals surface area (Å²) in [5, 5.41) is 3.20.